The summed E-state index contributed by atoms with van der Waals surface area (Å²) < 4.78 is 37.7. The molecule has 1 aliphatic rings. The number of hydrogen-bond donors (Lipinski definition) is 0. The van der Waals surface area contributed by atoms with Crippen molar-refractivity contribution in [3.63, 3.8) is 0 Å². The monoisotopic (exact) mass is 320 g/mol. The van der Waals surface area contributed by atoms with E-state index in [0.29, 0.717) is 18.8 Å². The average molecular weight is 321 g/mol. The molecule has 1 aromatic carbocycles. The summed E-state index contributed by atoms with van der Waals surface area (Å²) in [5.41, 5.74) is 2.38. The van der Waals surface area contributed by atoms with E-state index in [0.717, 1.165) is 5.33 Å². The maximum absolute atomic E-state index is 12.6. The first-order valence-corrected chi connectivity index (χ1v) is 7.34. The largest absolute Gasteiger partial charge is 0.391 e. The molecule has 0 amide bonds. The summed E-state index contributed by atoms with van der Waals surface area (Å²) >= 11 is 3.38. The van der Waals surface area contributed by atoms with Crippen molar-refractivity contribution in [2.24, 2.45) is 5.92 Å². The molecular formula is C14H16BrF3. The molecule has 0 bridgehead atoms. The van der Waals surface area contributed by atoms with Crippen LogP contribution in [0, 0.1) is 5.92 Å². The third-order valence-corrected chi connectivity index (χ3v) is 4.44. The van der Waals surface area contributed by atoms with E-state index in [-0.39, 0.29) is 12.8 Å². The molecule has 0 spiro atoms. The van der Waals surface area contributed by atoms with Crippen molar-refractivity contribution >= 4 is 15.9 Å². The lowest BCUT2D eigenvalue weighted by atomic mass is 9.78. The van der Waals surface area contributed by atoms with E-state index in [2.05, 4.69) is 28.1 Å². The van der Waals surface area contributed by atoms with Crippen LogP contribution in [-0.2, 0) is 5.33 Å². The highest BCUT2D eigenvalue weighted by molar-refractivity contribution is 9.08. The first kappa shape index (κ1) is 13.9. The van der Waals surface area contributed by atoms with Crippen LogP contribution in [0.5, 0.6) is 0 Å². The van der Waals surface area contributed by atoms with Crippen LogP contribution >= 0.6 is 15.9 Å². The Morgan fingerprint density at radius 2 is 1.56 bits per heavy atom. The lowest BCUT2D eigenvalue weighted by Gasteiger charge is -2.30. The Hall–Kier alpha value is -0.510. The van der Waals surface area contributed by atoms with Crippen LogP contribution < -0.4 is 0 Å². The van der Waals surface area contributed by atoms with Gasteiger partial charge in [0.1, 0.15) is 0 Å². The second-order valence-corrected chi connectivity index (χ2v) is 5.53. The van der Waals surface area contributed by atoms with Crippen molar-refractivity contribution < 1.29 is 13.2 Å². The van der Waals surface area contributed by atoms with Gasteiger partial charge in [0.25, 0.3) is 0 Å². The number of hydrogen-bond acceptors (Lipinski definition) is 0. The van der Waals surface area contributed by atoms with Gasteiger partial charge in [-0.25, -0.2) is 0 Å². The van der Waals surface area contributed by atoms with Crippen LogP contribution in [0.15, 0.2) is 24.3 Å². The second kappa shape index (κ2) is 5.64. The summed E-state index contributed by atoms with van der Waals surface area (Å²) in [6.45, 7) is 0. The minimum atomic E-state index is -4.01. The number of alkyl halides is 4. The number of halogens is 4. The van der Waals surface area contributed by atoms with E-state index in [1.807, 2.05) is 12.1 Å². The van der Waals surface area contributed by atoms with Crippen molar-refractivity contribution in [3.8, 4) is 0 Å². The lowest BCUT2D eigenvalue weighted by Crippen LogP contribution is -2.27. The molecule has 4 heteroatoms. The van der Waals surface area contributed by atoms with Crippen molar-refractivity contribution in [2.45, 2.75) is 43.1 Å². The number of benzene rings is 1. The molecule has 0 N–H and O–H groups in total. The molecule has 0 unspecified atom stereocenters. The van der Waals surface area contributed by atoms with E-state index < -0.39 is 12.1 Å². The molecule has 1 aromatic rings. The van der Waals surface area contributed by atoms with E-state index >= 15 is 0 Å². The predicted octanol–water partition coefficient (Wildman–Crippen LogP) is 5.42. The van der Waals surface area contributed by atoms with Gasteiger partial charge in [-0.15, -0.1) is 0 Å². The summed E-state index contributed by atoms with van der Waals surface area (Å²) in [6.07, 6.45) is -2.16. The van der Waals surface area contributed by atoms with Gasteiger partial charge in [0.2, 0.25) is 0 Å². The fourth-order valence-corrected chi connectivity index (χ4v) is 3.01. The maximum atomic E-state index is 12.6. The minimum Gasteiger partial charge on any atom is -0.171 e. The zero-order valence-corrected chi connectivity index (χ0v) is 11.6. The van der Waals surface area contributed by atoms with Crippen LogP contribution in [0.25, 0.3) is 0 Å². The molecule has 0 radical (unpaired) electrons. The zero-order valence-electron chi connectivity index (χ0n) is 10.0. The highest BCUT2D eigenvalue weighted by Gasteiger charge is 2.41. The Morgan fingerprint density at radius 1 is 1.00 bits per heavy atom. The molecule has 1 fully saturated rings. The van der Waals surface area contributed by atoms with Gasteiger partial charge in [-0.3, -0.25) is 0 Å². The van der Waals surface area contributed by atoms with Crippen LogP contribution in [0.3, 0.4) is 0 Å². The van der Waals surface area contributed by atoms with Crippen LogP contribution in [0.4, 0.5) is 13.2 Å². The molecule has 0 heterocycles. The van der Waals surface area contributed by atoms with Gasteiger partial charge < -0.3 is 0 Å². The quantitative estimate of drug-likeness (QED) is 0.638. The molecule has 0 aliphatic heterocycles. The third-order valence-electron chi connectivity index (χ3n) is 3.80. The van der Waals surface area contributed by atoms with Crippen LogP contribution in [-0.4, -0.2) is 6.18 Å². The third kappa shape index (κ3) is 3.28. The SMILES string of the molecule is FC(F)(F)C1CCC(c2ccc(CBr)cc2)CC1. The van der Waals surface area contributed by atoms with Gasteiger partial charge in [0, 0.05) is 5.33 Å². The molecule has 2 rings (SSSR count). The van der Waals surface area contributed by atoms with Crippen LogP contribution in [0.2, 0.25) is 0 Å². The normalized spacial score (nSPS) is 25.1. The van der Waals surface area contributed by atoms with Gasteiger partial charge in [-0.2, -0.15) is 13.2 Å². The molecule has 1 saturated carbocycles. The maximum Gasteiger partial charge on any atom is 0.391 e. The minimum absolute atomic E-state index is 0.272. The van der Waals surface area contributed by atoms with Crippen molar-refractivity contribution in [1.29, 1.82) is 0 Å². The number of rotatable bonds is 2. The summed E-state index contributed by atoms with van der Waals surface area (Å²) in [6, 6.07) is 8.18. The molecule has 0 aromatic heterocycles. The van der Waals surface area contributed by atoms with Gasteiger partial charge in [-0.05, 0) is 42.7 Å². The molecule has 1 aliphatic carbocycles. The Bertz CT molecular complexity index is 375. The standard InChI is InChI=1S/C14H16BrF3/c15-9-10-1-3-11(4-2-10)12-5-7-13(8-6-12)14(16,17)18/h1-4,12-13H,5-9H2. The van der Waals surface area contributed by atoms with E-state index in [1.165, 1.54) is 11.1 Å². The Morgan fingerprint density at radius 3 is 2.00 bits per heavy atom. The summed E-state index contributed by atoms with van der Waals surface area (Å²) in [7, 11) is 0. The first-order chi connectivity index (χ1) is 8.50. The van der Waals surface area contributed by atoms with E-state index in [4.69, 9.17) is 0 Å². The fraction of sp³-hybridized carbons (Fsp3) is 0.571. The van der Waals surface area contributed by atoms with Crippen molar-refractivity contribution in [3.05, 3.63) is 35.4 Å². The fourth-order valence-electron chi connectivity index (χ4n) is 2.63. The first-order valence-electron chi connectivity index (χ1n) is 6.22. The Kier molecular flexibility index (Phi) is 4.36. The van der Waals surface area contributed by atoms with Crippen LogP contribution in [0.1, 0.15) is 42.7 Å². The molecule has 0 nitrogen and oxygen atoms in total. The summed E-state index contributed by atoms with van der Waals surface area (Å²) in [5, 5.41) is 0.814. The highest BCUT2D eigenvalue weighted by atomic mass is 79.9. The van der Waals surface area contributed by atoms with Gasteiger partial charge >= 0.3 is 6.18 Å². The molecule has 18 heavy (non-hydrogen) atoms. The van der Waals surface area contributed by atoms with Gasteiger partial charge in [0.15, 0.2) is 0 Å². The molecule has 100 valence electrons. The molecule has 0 saturated heterocycles. The summed E-state index contributed by atoms with van der Waals surface area (Å²) in [5.74, 6) is -0.788. The lowest BCUT2D eigenvalue weighted by molar-refractivity contribution is -0.182. The van der Waals surface area contributed by atoms with E-state index in [9.17, 15) is 13.2 Å². The molecular weight excluding hydrogens is 305 g/mol. The highest BCUT2D eigenvalue weighted by Crippen LogP contribution is 2.42. The average Bonchev–Trinajstić information content (AvgIpc) is 2.38. The predicted molar refractivity (Wildman–Crippen MR) is 69.8 cm³/mol. The second-order valence-electron chi connectivity index (χ2n) is 4.97. The van der Waals surface area contributed by atoms with Gasteiger partial charge in [-0.1, -0.05) is 40.2 Å². The van der Waals surface area contributed by atoms with E-state index in [1.54, 1.807) is 0 Å². The van der Waals surface area contributed by atoms with Gasteiger partial charge in [0.05, 0.1) is 5.92 Å². The van der Waals surface area contributed by atoms with Crippen molar-refractivity contribution in [1.82, 2.24) is 0 Å². The molecule has 0 atom stereocenters. The smallest absolute Gasteiger partial charge is 0.171 e. The summed E-state index contributed by atoms with van der Waals surface area (Å²) in [4.78, 5) is 0. The van der Waals surface area contributed by atoms with Crippen molar-refractivity contribution in [2.75, 3.05) is 0 Å². The topological polar surface area (TPSA) is 0 Å². The Labute approximate surface area is 114 Å². The Balaban J connectivity index is 1.96. The zero-order chi connectivity index (χ0) is 13.2.